The third kappa shape index (κ3) is 4.81. The smallest absolute Gasteiger partial charge is 0.125 e. The van der Waals surface area contributed by atoms with Crippen LogP contribution in [-0.2, 0) is 4.74 Å². The molecule has 0 radical (unpaired) electrons. The number of aliphatic hydroxyl groups excluding tert-OH is 1. The molecule has 1 aliphatic rings. The van der Waals surface area contributed by atoms with E-state index in [1.165, 1.54) is 6.08 Å². The maximum atomic E-state index is 12.7. The average molecular weight is 224 g/mol. The fourth-order valence-electron chi connectivity index (χ4n) is 1.09. The van der Waals surface area contributed by atoms with Crippen molar-refractivity contribution in [1.82, 2.24) is 0 Å². The van der Waals surface area contributed by atoms with Crippen LogP contribution in [0.15, 0.2) is 36.4 Å². The number of hydrogen-bond acceptors (Lipinski definition) is 2. The number of allylic oxidation sites excluding steroid dienone is 2. The number of ether oxygens (including phenoxy) is 1. The van der Waals surface area contributed by atoms with E-state index in [9.17, 15) is 4.39 Å². The zero-order chi connectivity index (χ0) is 12.6. The average Bonchev–Trinajstić information content (AvgIpc) is 2.29. The zero-order valence-electron chi connectivity index (χ0n) is 9.72. The van der Waals surface area contributed by atoms with E-state index in [0.717, 1.165) is 0 Å². The van der Waals surface area contributed by atoms with E-state index < -0.39 is 11.9 Å². The summed E-state index contributed by atoms with van der Waals surface area (Å²) < 4.78 is 17.7. The van der Waals surface area contributed by atoms with E-state index in [1.807, 2.05) is 13.8 Å². The minimum Gasteiger partial charge on any atom is -0.491 e. The number of halogens is 1. The van der Waals surface area contributed by atoms with Gasteiger partial charge in [0.2, 0.25) is 0 Å². The molecule has 1 atom stereocenters. The van der Waals surface area contributed by atoms with Crippen molar-refractivity contribution < 1.29 is 14.2 Å². The van der Waals surface area contributed by atoms with Crippen LogP contribution in [0.3, 0.4) is 0 Å². The van der Waals surface area contributed by atoms with Crippen LogP contribution in [0.4, 0.5) is 4.39 Å². The second-order valence-corrected chi connectivity index (χ2v) is 3.12. The molecule has 0 aliphatic carbocycles. The molecule has 0 saturated heterocycles. The molecule has 0 fully saturated rings. The monoisotopic (exact) mass is 224 g/mol. The van der Waals surface area contributed by atoms with Gasteiger partial charge in [0.25, 0.3) is 0 Å². The van der Waals surface area contributed by atoms with Crippen molar-refractivity contribution in [2.24, 2.45) is 0 Å². The van der Waals surface area contributed by atoms with Crippen LogP contribution in [0.25, 0.3) is 0 Å². The highest BCUT2D eigenvalue weighted by Crippen LogP contribution is 2.26. The minimum absolute atomic E-state index is 0.193. The molecule has 0 aromatic carbocycles. The van der Waals surface area contributed by atoms with Crippen molar-refractivity contribution in [2.45, 2.75) is 26.4 Å². The largest absolute Gasteiger partial charge is 0.491 e. The number of hydrogen-bond donors (Lipinski definition) is 1. The van der Waals surface area contributed by atoms with Gasteiger partial charge in [0, 0.05) is 12.0 Å². The van der Waals surface area contributed by atoms with Crippen molar-refractivity contribution in [3.8, 4) is 11.8 Å². The Morgan fingerprint density at radius 2 is 2.12 bits per heavy atom. The Labute approximate surface area is 96.1 Å². The first-order chi connectivity index (χ1) is 7.56. The maximum Gasteiger partial charge on any atom is 0.125 e. The highest BCUT2D eigenvalue weighted by Gasteiger charge is 2.20. The molecule has 0 bridgehead atoms. The predicted octanol–water partition coefficient (Wildman–Crippen LogP) is 2.72. The first kappa shape index (κ1) is 14.5. The second kappa shape index (κ2) is 7.72. The van der Waals surface area contributed by atoms with E-state index in [2.05, 4.69) is 25.0 Å². The molecule has 0 spiro atoms. The molecular weight excluding hydrogens is 207 g/mol. The molecular formula is C13H17FO2. The first-order valence-electron chi connectivity index (χ1n) is 4.91. The molecule has 0 aromatic heterocycles. The zero-order valence-corrected chi connectivity index (χ0v) is 9.72. The predicted molar refractivity (Wildman–Crippen MR) is 63.2 cm³/mol. The van der Waals surface area contributed by atoms with Gasteiger partial charge in [-0.1, -0.05) is 13.2 Å². The van der Waals surface area contributed by atoms with Gasteiger partial charge in [-0.15, -0.1) is 11.8 Å². The van der Waals surface area contributed by atoms with E-state index in [-0.39, 0.29) is 13.0 Å². The molecule has 0 aromatic rings. The standard InChI is InChI=1S/C9H11FO2.C4H6/c1-3-9-8(6(2)10)4-7(11)5-12-9;1-3-4-2/h3,7,11H,1-2,4-5H2;1-2H3. The lowest BCUT2D eigenvalue weighted by molar-refractivity contribution is 0.0579. The van der Waals surface area contributed by atoms with E-state index >= 15 is 0 Å². The van der Waals surface area contributed by atoms with Crippen LogP contribution in [0, 0.1) is 11.8 Å². The van der Waals surface area contributed by atoms with Gasteiger partial charge in [0.05, 0.1) is 6.10 Å². The normalized spacial score (nSPS) is 18.4. The molecule has 1 N–H and O–H groups in total. The molecule has 16 heavy (non-hydrogen) atoms. The van der Waals surface area contributed by atoms with E-state index in [4.69, 9.17) is 9.84 Å². The Morgan fingerprint density at radius 3 is 2.50 bits per heavy atom. The Kier molecular flexibility index (Phi) is 6.98. The molecule has 0 amide bonds. The summed E-state index contributed by atoms with van der Waals surface area (Å²) in [6.45, 7) is 10.4. The number of aliphatic hydroxyl groups is 1. The van der Waals surface area contributed by atoms with Crippen LogP contribution in [-0.4, -0.2) is 17.8 Å². The molecule has 1 aliphatic heterocycles. The SMILES string of the molecule is C=CC1=C(C(=C)F)CC(O)CO1.CC#CC. The number of rotatable bonds is 2. The molecule has 1 heterocycles. The lowest BCUT2D eigenvalue weighted by Crippen LogP contribution is -2.21. The Hall–Kier alpha value is -1.53. The summed E-state index contributed by atoms with van der Waals surface area (Å²) in [6.07, 6.45) is 1.03. The van der Waals surface area contributed by atoms with Crippen LogP contribution < -0.4 is 0 Å². The van der Waals surface area contributed by atoms with Gasteiger partial charge in [-0.05, 0) is 19.9 Å². The molecule has 2 nitrogen and oxygen atoms in total. The van der Waals surface area contributed by atoms with Crippen LogP contribution in [0.1, 0.15) is 20.3 Å². The summed E-state index contributed by atoms with van der Waals surface area (Å²) in [6, 6.07) is 0. The molecule has 1 unspecified atom stereocenters. The van der Waals surface area contributed by atoms with Crippen LogP contribution >= 0.6 is 0 Å². The topological polar surface area (TPSA) is 29.5 Å². The minimum atomic E-state index is -0.642. The summed E-state index contributed by atoms with van der Waals surface area (Å²) >= 11 is 0. The first-order valence-corrected chi connectivity index (χ1v) is 4.91. The summed E-state index contributed by atoms with van der Waals surface area (Å²) in [5.74, 6) is 5.18. The molecule has 3 heteroatoms. The second-order valence-electron chi connectivity index (χ2n) is 3.12. The Bertz CT molecular complexity index is 339. The lowest BCUT2D eigenvalue weighted by atomic mass is 10.0. The van der Waals surface area contributed by atoms with Crippen molar-refractivity contribution in [2.75, 3.05) is 6.61 Å². The maximum absolute atomic E-state index is 12.7. The van der Waals surface area contributed by atoms with Crippen LogP contribution in [0.5, 0.6) is 0 Å². The third-order valence-corrected chi connectivity index (χ3v) is 1.93. The van der Waals surface area contributed by atoms with Gasteiger partial charge in [0.15, 0.2) is 0 Å². The van der Waals surface area contributed by atoms with Gasteiger partial charge in [-0.2, -0.15) is 0 Å². The highest BCUT2D eigenvalue weighted by atomic mass is 19.1. The fourth-order valence-corrected chi connectivity index (χ4v) is 1.09. The Balaban J connectivity index is 0.000000487. The highest BCUT2D eigenvalue weighted by molar-refractivity contribution is 5.33. The van der Waals surface area contributed by atoms with Crippen molar-refractivity contribution in [3.63, 3.8) is 0 Å². The van der Waals surface area contributed by atoms with E-state index in [1.54, 1.807) is 0 Å². The lowest BCUT2D eigenvalue weighted by Gasteiger charge is -2.22. The van der Waals surface area contributed by atoms with Crippen molar-refractivity contribution in [3.05, 3.63) is 36.4 Å². The summed E-state index contributed by atoms with van der Waals surface area (Å²) in [7, 11) is 0. The van der Waals surface area contributed by atoms with Crippen LogP contribution in [0.2, 0.25) is 0 Å². The summed E-state index contributed by atoms with van der Waals surface area (Å²) in [5, 5.41) is 9.14. The van der Waals surface area contributed by atoms with E-state index in [0.29, 0.717) is 11.3 Å². The van der Waals surface area contributed by atoms with Gasteiger partial charge < -0.3 is 9.84 Å². The van der Waals surface area contributed by atoms with Gasteiger partial charge in [-0.3, -0.25) is 0 Å². The van der Waals surface area contributed by atoms with Gasteiger partial charge >= 0.3 is 0 Å². The van der Waals surface area contributed by atoms with Gasteiger partial charge in [0.1, 0.15) is 18.2 Å². The summed E-state index contributed by atoms with van der Waals surface area (Å²) in [5.41, 5.74) is 0.309. The van der Waals surface area contributed by atoms with Crippen molar-refractivity contribution in [1.29, 1.82) is 0 Å². The molecule has 1 rings (SSSR count). The van der Waals surface area contributed by atoms with Gasteiger partial charge in [-0.25, -0.2) is 4.39 Å². The third-order valence-electron chi connectivity index (χ3n) is 1.93. The fraction of sp³-hybridized carbons (Fsp3) is 0.385. The molecule has 0 saturated carbocycles. The quantitative estimate of drug-likeness (QED) is 0.731. The van der Waals surface area contributed by atoms with Crippen molar-refractivity contribution >= 4 is 0 Å². The Morgan fingerprint density at radius 1 is 1.56 bits per heavy atom. The molecule has 88 valence electrons. The summed E-state index contributed by atoms with van der Waals surface area (Å²) in [4.78, 5) is 0.